The molecule has 32 heavy (non-hydrogen) atoms. The van der Waals surface area contributed by atoms with Crippen LogP contribution in [0.3, 0.4) is 0 Å². The van der Waals surface area contributed by atoms with Crippen LogP contribution in [-0.4, -0.2) is 24.9 Å². The van der Waals surface area contributed by atoms with E-state index in [-0.39, 0.29) is 12.1 Å². The molecule has 4 atom stereocenters. The van der Waals surface area contributed by atoms with Crippen LogP contribution in [0.25, 0.3) is 0 Å². The Bertz CT molecular complexity index is 952. The van der Waals surface area contributed by atoms with Crippen LogP contribution in [0, 0.1) is 5.92 Å². The minimum atomic E-state index is -2.86. The van der Waals surface area contributed by atoms with Crippen molar-refractivity contribution in [1.82, 2.24) is 0 Å². The minimum absolute atomic E-state index is 0.271. The van der Waals surface area contributed by atoms with Crippen LogP contribution in [0.1, 0.15) is 73.1 Å². The predicted octanol–water partition coefficient (Wildman–Crippen LogP) is 3.83. The first kappa shape index (κ1) is 23.8. The first-order valence-corrected chi connectivity index (χ1v) is 13.5. The lowest BCUT2D eigenvalue weighted by atomic mass is 9.79. The topological polar surface area (TPSA) is 72.5 Å². The molecule has 0 heterocycles. The third-order valence-electron chi connectivity index (χ3n) is 7.66. The maximum Gasteiger partial charge on any atom is 0.316 e. The molecule has 2 aromatic rings. The number of fused-ring (bicyclic) bond motifs is 1. The van der Waals surface area contributed by atoms with E-state index in [2.05, 4.69) is 50.3 Å². The number of rotatable bonds is 9. The van der Waals surface area contributed by atoms with Gasteiger partial charge in [-0.05, 0) is 98.3 Å². The van der Waals surface area contributed by atoms with Gasteiger partial charge < -0.3 is 15.2 Å². The van der Waals surface area contributed by atoms with Gasteiger partial charge in [-0.1, -0.05) is 47.9 Å². The van der Waals surface area contributed by atoms with Gasteiger partial charge in [0, 0.05) is 5.54 Å². The van der Waals surface area contributed by atoms with Gasteiger partial charge in [-0.25, -0.2) is 0 Å². The Kier molecular flexibility index (Phi) is 7.94. The normalized spacial score (nSPS) is 26.1. The summed E-state index contributed by atoms with van der Waals surface area (Å²) in [6.07, 6.45) is 11.1. The SMILES string of the molecule is Bc1cccc(CCCC2CCc3cc([C@@H]4CC[C@](N)(CCO[PH](=O)O)C4)ccc3C2)c1. The van der Waals surface area contributed by atoms with Crippen molar-refractivity contribution in [3.63, 3.8) is 0 Å². The van der Waals surface area contributed by atoms with Crippen LogP contribution in [0.15, 0.2) is 42.5 Å². The molecule has 0 bridgehead atoms. The van der Waals surface area contributed by atoms with E-state index in [1.54, 1.807) is 5.56 Å². The van der Waals surface area contributed by atoms with Gasteiger partial charge in [-0.3, -0.25) is 4.57 Å². The summed E-state index contributed by atoms with van der Waals surface area (Å²) < 4.78 is 15.7. The maximum absolute atomic E-state index is 10.8. The molecule has 0 aliphatic heterocycles. The highest BCUT2D eigenvalue weighted by Crippen LogP contribution is 2.42. The van der Waals surface area contributed by atoms with Gasteiger partial charge in [0.05, 0.1) is 6.61 Å². The third kappa shape index (κ3) is 6.35. The first-order valence-electron chi connectivity index (χ1n) is 12.2. The second-order valence-electron chi connectivity index (χ2n) is 10.2. The Morgan fingerprint density at radius 2 is 2.06 bits per heavy atom. The first-order chi connectivity index (χ1) is 15.4. The molecule has 1 fully saturated rings. The van der Waals surface area contributed by atoms with E-state index >= 15 is 0 Å². The Labute approximate surface area is 194 Å². The molecule has 0 spiro atoms. The van der Waals surface area contributed by atoms with Crippen molar-refractivity contribution >= 4 is 21.6 Å². The highest BCUT2D eigenvalue weighted by molar-refractivity contribution is 7.32. The molecule has 2 aliphatic carbocycles. The lowest BCUT2D eigenvalue weighted by Crippen LogP contribution is -2.37. The number of hydrogen-bond donors (Lipinski definition) is 2. The Morgan fingerprint density at radius 3 is 2.88 bits per heavy atom. The smallest absolute Gasteiger partial charge is 0.316 e. The standard InChI is InChI=1S/C26H37BNO3P/c27-25-6-2-5-19(16-25)3-1-4-20-7-8-22-17-23(10-9-21(22)15-20)24-11-12-26(28,18-24)13-14-31-32(29)30/h2,5-6,9-10,16-17,20,24,32H,1,3-4,7-8,11-15,18,27-28H2,(H,29,30)/t20?,24-,26+/m1/s1. The van der Waals surface area contributed by atoms with Gasteiger partial charge in [-0.2, -0.15) is 0 Å². The molecule has 2 aliphatic rings. The van der Waals surface area contributed by atoms with Crippen LogP contribution in [-0.2, 0) is 28.4 Å². The van der Waals surface area contributed by atoms with E-state index in [4.69, 9.17) is 15.2 Å². The summed E-state index contributed by atoms with van der Waals surface area (Å²) in [6.45, 7) is 0.271. The molecule has 0 amide bonds. The molecule has 6 heteroatoms. The van der Waals surface area contributed by atoms with Gasteiger partial charge in [0.1, 0.15) is 7.85 Å². The van der Waals surface area contributed by atoms with Crippen molar-refractivity contribution in [2.24, 2.45) is 11.7 Å². The summed E-state index contributed by atoms with van der Waals surface area (Å²) in [7, 11) is -0.688. The van der Waals surface area contributed by atoms with Crippen LogP contribution in [0.2, 0.25) is 0 Å². The molecule has 2 unspecified atom stereocenters. The van der Waals surface area contributed by atoms with E-state index in [9.17, 15) is 4.57 Å². The molecular formula is C26H37BNO3P. The Morgan fingerprint density at radius 1 is 1.19 bits per heavy atom. The summed E-state index contributed by atoms with van der Waals surface area (Å²) in [5.74, 6) is 1.30. The number of benzene rings is 2. The van der Waals surface area contributed by atoms with E-state index < -0.39 is 8.25 Å². The molecule has 4 rings (SSSR count). The summed E-state index contributed by atoms with van der Waals surface area (Å²) in [6, 6.07) is 16.1. The molecule has 0 aromatic heterocycles. The Balaban J connectivity index is 1.28. The second kappa shape index (κ2) is 10.7. The van der Waals surface area contributed by atoms with Crippen LogP contribution in [0.4, 0.5) is 0 Å². The highest BCUT2D eigenvalue weighted by Gasteiger charge is 2.36. The van der Waals surface area contributed by atoms with Gasteiger partial charge in [0.15, 0.2) is 0 Å². The molecule has 4 nitrogen and oxygen atoms in total. The van der Waals surface area contributed by atoms with Crippen molar-refractivity contribution in [3.05, 3.63) is 64.7 Å². The number of nitrogens with two attached hydrogens (primary N) is 1. The number of aryl methyl sites for hydroxylation is 2. The van der Waals surface area contributed by atoms with Crippen molar-refractivity contribution < 1.29 is 14.0 Å². The minimum Gasteiger partial charge on any atom is -0.326 e. The van der Waals surface area contributed by atoms with Crippen molar-refractivity contribution in [2.45, 2.75) is 75.7 Å². The fourth-order valence-corrected chi connectivity index (χ4v) is 6.10. The van der Waals surface area contributed by atoms with Crippen molar-refractivity contribution in [3.8, 4) is 0 Å². The average molecular weight is 453 g/mol. The number of hydrogen-bond acceptors (Lipinski definition) is 3. The van der Waals surface area contributed by atoms with E-state index in [0.717, 1.165) is 25.2 Å². The van der Waals surface area contributed by atoms with Crippen LogP contribution >= 0.6 is 8.25 Å². The lowest BCUT2D eigenvalue weighted by molar-refractivity contribution is 0.240. The molecule has 3 N–H and O–H groups in total. The zero-order valence-electron chi connectivity index (χ0n) is 19.3. The van der Waals surface area contributed by atoms with E-state index in [1.807, 2.05) is 0 Å². The fourth-order valence-electron chi connectivity index (χ4n) is 5.82. The molecule has 2 aromatic carbocycles. The molecule has 0 saturated heterocycles. The quantitative estimate of drug-likeness (QED) is 0.447. The molecular weight excluding hydrogens is 416 g/mol. The average Bonchev–Trinajstić information content (AvgIpc) is 3.15. The van der Waals surface area contributed by atoms with Gasteiger partial charge >= 0.3 is 8.25 Å². The summed E-state index contributed by atoms with van der Waals surface area (Å²) >= 11 is 0. The Hall–Kier alpha value is -1.39. The highest BCUT2D eigenvalue weighted by atomic mass is 31.1. The molecule has 0 radical (unpaired) electrons. The lowest BCUT2D eigenvalue weighted by Gasteiger charge is -2.27. The predicted molar refractivity (Wildman–Crippen MR) is 135 cm³/mol. The van der Waals surface area contributed by atoms with E-state index in [0.29, 0.717) is 12.3 Å². The van der Waals surface area contributed by atoms with Crippen LogP contribution in [0.5, 0.6) is 0 Å². The zero-order valence-corrected chi connectivity index (χ0v) is 20.3. The second-order valence-corrected chi connectivity index (χ2v) is 11.0. The molecule has 1 saturated carbocycles. The van der Waals surface area contributed by atoms with Crippen molar-refractivity contribution in [2.75, 3.05) is 6.61 Å². The van der Waals surface area contributed by atoms with Gasteiger partial charge in [0.2, 0.25) is 0 Å². The third-order valence-corrected chi connectivity index (χ3v) is 8.11. The summed E-state index contributed by atoms with van der Waals surface area (Å²) in [5.41, 5.74) is 13.6. The maximum atomic E-state index is 10.8. The van der Waals surface area contributed by atoms with Crippen LogP contribution < -0.4 is 11.2 Å². The largest absolute Gasteiger partial charge is 0.326 e. The van der Waals surface area contributed by atoms with Crippen molar-refractivity contribution in [1.29, 1.82) is 0 Å². The van der Waals surface area contributed by atoms with E-state index in [1.165, 1.54) is 60.7 Å². The summed E-state index contributed by atoms with van der Waals surface area (Å²) in [5, 5.41) is 0. The zero-order chi connectivity index (χ0) is 22.6. The fraction of sp³-hybridized carbons (Fsp3) is 0.538. The molecule has 172 valence electrons. The summed E-state index contributed by atoms with van der Waals surface area (Å²) in [4.78, 5) is 8.86. The van der Waals surface area contributed by atoms with Gasteiger partial charge in [0.25, 0.3) is 0 Å². The monoisotopic (exact) mass is 453 g/mol. The van der Waals surface area contributed by atoms with Gasteiger partial charge in [-0.15, -0.1) is 0 Å².